The van der Waals surface area contributed by atoms with Gasteiger partial charge in [-0.15, -0.1) is 0 Å². The lowest BCUT2D eigenvalue weighted by Crippen LogP contribution is -2.43. The minimum atomic E-state index is -0.287. The summed E-state index contributed by atoms with van der Waals surface area (Å²) >= 11 is 0. The number of ether oxygens (including phenoxy) is 2. The molecular formula is C29H37N5O4. The Morgan fingerprint density at radius 2 is 2.00 bits per heavy atom. The molecule has 0 spiro atoms. The predicted octanol–water partition coefficient (Wildman–Crippen LogP) is 5.54. The zero-order valence-electron chi connectivity index (χ0n) is 23.5. The van der Waals surface area contributed by atoms with Crippen LogP contribution in [0, 0.1) is 13.8 Å². The van der Waals surface area contributed by atoms with Crippen molar-refractivity contribution in [2.45, 2.75) is 70.6 Å². The van der Waals surface area contributed by atoms with Crippen molar-refractivity contribution in [1.82, 2.24) is 24.5 Å². The lowest BCUT2D eigenvalue weighted by Gasteiger charge is -2.39. The number of rotatable bonds is 5. The summed E-state index contributed by atoms with van der Waals surface area (Å²) in [6, 6.07) is 6.44. The van der Waals surface area contributed by atoms with Gasteiger partial charge in [0, 0.05) is 50.3 Å². The number of hydrogen-bond acceptors (Lipinski definition) is 7. The van der Waals surface area contributed by atoms with Gasteiger partial charge in [0.15, 0.2) is 0 Å². The van der Waals surface area contributed by atoms with E-state index in [9.17, 15) is 4.79 Å². The number of imidazole rings is 1. The third-order valence-corrected chi connectivity index (χ3v) is 8.40. The molecule has 0 unspecified atom stereocenters. The minimum Gasteiger partial charge on any atom is -0.449 e. The fourth-order valence-corrected chi connectivity index (χ4v) is 6.38. The van der Waals surface area contributed by atoms with Crippen LogP contribution in [-0.4, -0.2) is 70.5 Å². The number of methoxy groups -OCH3 is 1. The molecule has 0 N–H and O–H groups in total. The Morgan fingerprint density at radius 1 is 1.16 bits per heavy atom. The molecule has 4 heterocycles. The van der Waals surface area contributed by atoms with Gasteiger partial charge in [0.25, 0.3) is 0 Å². The van der Waals surface area contributed by atoms with Crippen molar-refractivity contribution in [2.75, 3.05) is 33.8 Å². The fourth-order valence-electron chi connectivity index (χ4n) is 6.38. The van der Waals surface area contributed by atoms with Crippen molar-refractivity contribution in [3.8, 4) is 11.1 Å². The van der Waals surface area contributed by atoms with E-state index < -0.39 is 0 Å². The van der Waals surface area contributed by atoms with Crippen LogP contribution in [0.15, 0.2) is 34.5 Å². The van der Waals surface area contributed by atoms with E-state index in [4.69, 9.17) is 20.4 Å². The molecule has 1 aromatic carbocycles. The summed E-state index contributed by atoms with van der Waals surface area (Å²) in [5, 5.41) is 4.15. The second-order valence-corrected chi connectivity index (χ2v) is 10.8. The molecule has 3 aliphatic rings. The summed E-state index contributed by atoms with van der Waals surface area (Å²) in [7, 11) is 2.10. The number of cyclic esters (lactones) is 1. The van der Waals surface area contributed by atoms with E-state index in [-0.39, 0.29) is 31.4 Å². The molecule has 1 saturated carbocycles. The van der Waals surface area contributed by atoms with Crippen LogP contribution < -0.4 is 0 Å². The van der Waals surface area contributed by atoms with E-state index in [1.807, 2.05) is 18.7 Å². The maximum absolute atomic E-state index is 13.2. The molecule has 1 amide bonds. The number of nitrogens with zero attached hydrogens (tertiary/aromatic N) is 5. The van der Waals surface area contributed by atoms with E-state index in [1.165, 1.54) is 0 Å². The number of benzene rings is 1. The fraction of sp³-hybridized carbons (Fsp3) is 0.552. The highest BCUT2D eigenvalue weighted by Crippen LogP contribution is 2.41. The number of aromatic nitrogens is 3. The van der Waals surface area contributed by atoms with E-state index >= 15 is 0 Å². The Labute approximate surface area is 224 Å². The Hall–Kier alpha value is -3.17. The Kier molecular flexibility index (Phi) is 6.41. The number of amides is 1. The Balaban J connectivity index is 1.45. The summed E-state index contributed by atoms with van der Waals surface area (Å²) in [6.07, 6.45) is 7.19. The molecule has 3 aromatic rings. The van der Waals surface area contributed by atoms with Crippen LogP contribution in [-0.2, 0) is 9.47 Å². The predicted molar refractivity (Wildman–Crippen MR) is 144 cm³/mol. The highest BCUT2D eigenvalue weighted by molar-refractivity contribution is 5.84. The monoisotopic (exact) mass is 520 g/mol. The van der Waals surface area contributed by atoms with E-state index in [0.717, 1.165) is 90.3 Å². The lowest BCUT2D eigenvalue weighted by molar-refractivity contribution is 0.0476. The first kappa shape index (κ1) is 23.9. The third-order valence-electron chi connectivity index (χ3n) is 8.40. The minimum absolute atomic E-state index is 0.00249. The van der Waals surface area contributed by atoms with Gasteiger partial charge < -0.3 is 23.5 Å². The molecule has 202 valence electrons. The van der Waals surface area contributed by atoms with Gasteiger partial charge in [0.1, 0.15) is 17.6 Å². The molecule has 1 atom stereocenters. The largest absolute Gasteiger partial charge is 0.449 e. The van der Waals surface area contributed by atoms with Crippen LogP contribution in [0.3, 0.4) is 0 Å². The van der Waals surface area contributed by atoms with Crippen LogP contribution in [0.1, 0.15) is 69.3 Å². The lowest BCUT2D eigenvalue weighted by atomic mass is 9.92. The maximum atomic E-state index is 13.2. The molecule has 2 aliphatic heterocycles. The first-order valence-corrected chi connectivity index (χ1v) is 13.6. The number of hydrogen-bond donors (Lipinski definition) is 0. The Bertz CT molecular complexity index is 1370. The van der Waals surface area contributed by atoms with Crippen molar-refractivity contribution >= 4 is 17.1 Å². The second kappa shape index (κ2) is 10.2. The topological polar surface area (TPSA) is 85.9 Å². The van der Waals surface area contributed by atoms with Gasteiger partial charge in [-0.2, -0.15) is 0 Å². The molecule has 0 bridgehead atoms. The molecular weight excluding hydrogens is 482 g/mol. The number of carbonyl (C=O) groups is 1. The van der Waals surface area contributed by atoms with Crippen LogP contribution >= 0.6 is 0 Å². The molecule has 0 radical (unpaired) electrons. The molecule has 2 fully saturated rings. The second-order valence-electron chi connectivity index (χ2n) is 10.8. The number of carbonyl (C=O) groups excluding carboxylic acids is 1. The van der Waals surface area contributed by atoms with Crippen molar-refractivity contribution in [1.29, 1.82) is 0 Å². The SMILES string of the molecule is [2H]CO[C@H]1CC[C@H](n2c([C@@H]3CCOC(=O)N3C3=CCN(C)CC3)nc3cc(-c4c(C)noc4C)ccc32)CC1. The Morgan fingerprint density at radius 3 is 2.71 bits per heavy atom. The average molecular weight is 521 g/mol. The van der Waals surface area contributed by atoms with Gasteiger partial charge in [-0.3, -0.25) is 4.90 Å². The first-order valence-electron chi connectivity index (χ1n) is 14.3. The quantitative estimate of drug-likeness (QED) is 0.437. The zero-order chi connectivity index (χ0) is 27.1. The zero-order valence-corrected chi connectivity index (χ0v) is 22.5. The molecule has 9 nitrogen and oxygen atoms in total. The summed E-state index contributed by atoms with van der Waals surface area (Å²) < 4.78 is 26.5. The summed E-state index contributed by atoms with van der Waals surface area (Å²) in [5.41, 5.74) is 5.88. The summed E-state index contributed by atoms with van der Waals surface area (Å²) in [5.74, 6) is 1.71. The molecule has 9 heteroatoms. The van der Waals surface area contributed by atoms with Gasteiger partial charge >= 0.3 is 6.09 Å². The van der Waals surface area contributed by atoms with E-state index in [1.54, 1.807) is 0 Å². The molecule has 38 heavy (non-hydrogen) atoms. The van der Waals surface area contributed by atoms with Crippen LogP contribution in [0.4, 0.5) is 4.79 Å². The van der Waals surface area contributed by atoms with Crippen LogP contribution in [0.5, 0.6) is 0 Å². The van der Waals surface area contributed by atoms with Crippen LogP contribution in [0.25, 0.3) is 22.2 Å². The molecule has 1 aliphatic carbocycles. The molecule has 2 aromatic heterocycles. The van der Waals surface area contributed by atoms with Crippen molar-refractivity contribution in [2.24, 2.45) is 0 Å². The highest BCUT2D eigenvalue weighted by Gasteiger charge is 2.38. The van der Waals surface area contributed by atoms with E-state index in [2.05, 4.69) is 45.9 Å². The van der Waals surface area contributed by atoms with Crippen LogP contribution in [0.2, 0.25) is 0 Å². The van der Waals surface area contributed by atoms with Gasteiger partial charge in [0.05, 0.1) is 30.8 Å². The maximum Gasteiger partial charge on any atom is 0.414 e. The third kappa shape index (κ3) is 4.41. The molecule has 1 saturated heterocycles. The van der Waals surface area contributed by atoms with Crippen molar-refractivity contribution in [3.05, 3.63) is 47.3 Å². The van der Waals surface area contributed by atoms with E-state index in [0.29, 0.717) is 13.0 Å². The normalized spacial score (nSPS) is 25.4. The standard InChI is InChI=1S/C29H37N5O4/c1-18-27(19(2)38-31-18)20-5-10-25-24(17-20)30-28(33(25)21-6-8-23(36-4)9-7-21)26-13-16-37-29(35)34(26)22-11-14-32(3)15-12-22/h5,10-11,17,21,23,26H,6-9,12-16H2,1-4H3/t21-,23-,26-/m0/s1/i4D. The summed E-state index contributed by atoms with van der Waals surface area (Å²) in [4.78, 5) is 22.6. The smallest absolute Gasteiger partial charge is 0.414 e. The molecule has 6 rings (SSSR count). The van der Waals surface area contributed by atoms with Crippen molar-refractivity contribution in [3.63, 3.8) is 0 Å². The first-order chi connectivity index (χ1) is 18.9. The number of fused-ring (bicyclic) bond motifs is 1. The number of aryl methyl sites for hydroxylation is 2. The average Bonchev–Trinajstić information content (AvgIpc) is 3.48. The van der Waals surface area contributed by atoms with Gasteiger partial charge in [-0.05, 0) is 64.3 Å². The van der Waals surface area contributed by atoms with Gasteiger partial charge in [-0.25, -0.2) is 9.78 Å². The van der Waals surface area contributed by atoms with Crippen molar-refractivity contribution < 1.29 is 20.2 Å². The number of likely N-dealkylation sites (N-methyl/N-ethyl adjacent to an activating group) is 1. The van der Waals surface area contributed by atoms with Gasteiger partial charge in [0.2, 0.25) is 0 Å². The highest BCUT2D eigenvalue weighted by atomic mass is 16.6. The van der Waals surface area contributed by atoms with Gasteiger partial charge in [-0.1, -0.05) is 17.3 Å². The summed E-state index contributed by atoms with van der Waals surface area (Å²) in [6.45, 7) is 5.98.